The van der Waals surface area contributed by atoms with E-state index in [1.54, 1.807) is 18.2 Å². The third kappa shape index (κ3) is 1.59. The summed E-state index contributed by atoms with van der Waals surface area (Å²) < 4.78 is 1.81. The molecule has 90 valence electrons. The van der Waals surface area contributed by atoms with Crippen LogP contribution < -0.4 is 5.73 Å². The van der Waals surface area contributed by atoms with Crippen LogP contribution >= 0.6 is 0 Å². The molecule has 0 bridgehead atoms. The van der Waals surface area contributed by atoms with Crippen LogP contribution in [0, 0.1) is 6.92 Å². The van der Waals surface area contributed by atoms with E-state index < -0.39 is 0 Å². The molecule has 4 heteroatoms. The van der Waals surface area contributed by atoms with Crippen LogP contribution in [0.1, 0.15) is 5.69 Å². The molecule has 0 spiro atoms. The number of aromatic hydroxyl groups is 1. The first-order valence-electron chi connectivity index (χ1n) is 5.69. The predicted molar refractivity (Wildman–Crippen MR) is 71.9 cm³/mol. The number of rotatable bonds is 1. The summed E-state index contributed by atoms with van der Waals surface area (Å²) in [4.78, 5) is 0. The fourth-order valence-corrected chi connectivity index (χ4v) is 2.11. The lowest BCUT2D eigenvalue weighted by Gasteiger charge is -2.04. The van der Waals surface area contributed by atoms with E-state index in [9.17, 15) is 5.11 Å². The van der Waals surface area contributed by atoms with Gasteiger partial charge in [0, 0.05) is 17.1 Å². The predicted octanol–water partition coefficient (Wildman–Crippen LogP) is 2.62. The van der Waals surface area contributed by atoms with Crippen LogP contribution in [0.15, 0.2) is 42.5 Å². The Balaban J connectivity index is 2.30. The van der Waals surface area contributed by atoms with Crippen molar-refractivity contribution in [3.63, 3.8) is 0 Å². The SMILES string of the molecule is Cc1nn(-c2cccc(O)c2)c2ccc(N)cc12. The monoisotopic (exact) mass is 239 g/mol. The summed E-state index contributed by atoms with van der Waals surface area (Å²) in [6.07, 6.45) is 0. The number of nitrogen functional groups attached to an aromatic ring is 1. The summed E-state index contributed by atoms with van der Waals surface area (Å²) in [7, 11) is 0. The Morgan fingerprint density at radius 1 is 1.17 bits per heavy atom. The second-order valence-electron chi connectivity index (χ2n) is 4.29. The van der Waals surface area contributed by atoms with E-state index in [1.165, 1.54) is 0 Å². The molecule has 1 aromatic heterocycles. The Hall–Kier alpha value is -2.49. The largest absolute Gasteiger partial charge is 0.508 e. The van der Waals surface area contributed by atoms with Crippen molar-refractivity contribution in [1.29, 1.82) is 0 Å². The minimum atomic E-state index is 0.226. The molecule has 0 aliphatic rings. The Kier molecular flexibility index (Phi) is 2.23. The summed E-state index contributed by atoms with van der Waals surface area (Å²) in [6, 6.07) is 12.7. The summed E-state index contributed by atoms with van der Waals surface area (Å²) in [5.41, 5.74) is 9.24. The van der Waals surface area contributed by atoms with Gasteiger partial charge < -0.3 is 10.8 Å². The lowest BCUT2D eigenvalue weighted by molar-refractivity contribution is 0.475. The maximum absolute atomic E-state index is 9.54. The van der Waals surface area contributed by atoms with Gasteiger partial charge in [-0.25, -0.2) is 4.68 Å². The Labute approximate surface area is 104 Å². The number of phenolic OH excluding ortho intramolecular Hbond substituents is 1. The Morgan fingerprint density at radius 2 is 2.00 bits per heavy atom. The van der Waals surface area contributed by atoms with Crippen molar-refractivity contribution in [2.24, 2.45) is 0 Å². The zero-order chi connectivity index (χ0) is 12.7. The smallest absolute Gasteiger partial charge is 0.117 e. The van der Waals surface area contributed by atoms with Gasteiger partial charge in [0.25, 0.3) is 0 Å². The molecule has 0 fully saturated rings. The highest BCUT2D eigenvalue weighted by Crippen LogP contribution is 2.25. The summed E-state index contributed by atoms with van der Waals surface area (Å²) >= 11 is 0. The zero-order valence-corrected chi connectivity index (χ0v) is 9.96. The highest BCUT2D eigenvalue weighted by atomic mass is 16.3. The molecular formula is C14H13N3O. The quantitative estimate of drug-likeness (QED) is 0.641. The average molecular weight is 239 g/mol. The number of nitrogens with two attached hydrogens (primary N) is 1. The molecule has 0 amide bonds. The van der Waals surface area contributed by atoms with Gasteiger partial charge in [-0.15, -0.1) is 0 Å². The van der Waals surface area contributed by atoms with Crippen molar-refractivity contribution in [2.75, 3.05) is 5.73 Å². The van der Waals surface area contributed by atoms with Crippen LogP contribution in [-0.4, -0.2) is 14.9 Å². The molecule has 1 heterocycles. The molecule has 0 atom stereocenters. The van der Waals surface area contributed by atoms with E-state index in [0.717, 1.165) is 28.0 Å². The number of fused-ring (bicyclic) bond motifs is 1. The van der Waals surface area contributed by atoms with Crippen molar-refractivity contribution in [1.82, 2.24) is 9.78 Å². The average Bonchev–Trinajstić information content (AvgIpc) is 2.67. The molecule has 0 radical (unpaired) electrons. The van der Waals surface area contributed by atoms with Gasteiger partial charge in [0.1, 0.15) is 5.75 Å². The van der Waals surface area contributed by atoms with Gasteiger partial charge in [-0.1, -0.05) is 6.07 Å². The molecule has 0 saturated heterocycles. The van der Waals surface area contributed by atoms with Gasteiger partial charge in [0.15, 0.2) is 0 Å². The highest BCUT2D eigenvalue weighted by molar-refractivity contribution is 5.86. The van der Waals surface area contributed by atoms with Crippen molar-refractivity contribution in [3.05, 3.63) is 48.2 Å². The van der Waals surface area contributed by atoms with Gasteiger partial charge in [-0.3, -0.25) is 0 Å². The maximum Gasteiger partial charge on any atom is 0.117 e. The second kappa shape index (κ2) is 3.77. The first-order valence-corrected chi connectivity index (χ1v) is 5.69. The molecule has 0 unspecified atom stereocenters. The van der Waals surface area contributed by atoms with Gasteiger partial charge in [-0.2, -0.15) is 5.10 Å². The summed E-state index contributed by atoms with van der Waals surface area (Å²) in [5, 5.41) is 15.1. The van der Waals surface area contributed by atoms with Crippen molar-refractivity contribution in [2.45, 2.75) is 6.92 Å². The Morgan fingerprint density at radius 3 is 2.78 bits per heavy atom. The fourth-order valence-electron chi connectivity index (χ4n) is 2.11. The number of phenols is 1. The van der Waals surface area contributed by atoms with Crippen molar-refractivity contribution in [3.8, 4) is 11.4 Å². The van der Waals surface area contributed by atoms with Crippen LogP contribution in [0.5, 0.6) is 5.75 Å². The molecule has 0 aliphatic heterocycles. The lowest BCUT2D eigenvalue weighted by Crippen LogP contribution is -1.96. The fraction of sp³-hybridized carbons (Fsp3) is 0.0714. The molecule has 3 N–H and O–H groups in total. The molecule has 3 aromatic rings. The van der Waals surface area contributed by atoms with E-state index >= 15 is 0 Å². The van der Waals surface area contributed by atoms with E-state index in [2.05, 4.69) is 5.10 Å². The summed E-state index contributed by atoms with van der Waals surface area (Å²) in [5.74, 6) is 0.226. The van der Waals surface area contributed by atoms with E-state index in [4.69, 9.17) is 5.73 Å². The van der Waals surface area contributed by atoms with Gasteiger partial charge in [0.05, 0.1) is 16.9 Å². The second-order valence-corrected chi connectivity index (χ2v) is 4.29. The number of anilines is 1. The highest BCUT2D eigenvalue weighted by Gasteiger charge is 2.09. The third-order valence-electron chi connectivity index (χ3n) is 2.96. The third-order valence-corrected chi connectivity index (χ3v) is 2.96. The first-order chi connectivity index (χ1) is 8.65. The van der Waals surface area contributed by atoms with Crippen LogP contribution in [0.3, 0.4) is 0 Å². The van der Waals surface area contributed by atoms with Gasteiger partial charge >= 0.3 is 0 Å². The van der Waals surface area contributed by atoms with Crippen molar-refractivity contribution < 1.29 is 5.11 Å². The molecule has 0 aliphatic carbocycles. The van der Waals surface area contributed by atoms with Crippen LogP contribution in [0.4, 0.5) is 5.69 Å². The standard InChI is InChI=1S/C14H13N3O/c1-9-13-7-10(15)5-6-14(13)17(16-9)11-3-2-4-12(18)8-11/h2-8,18H,15H2,1H3. The molecule has 2 aromatic carbocycles. The van der Waals surface area contributed by atoms with E-state index in [-0.39, 0.29) is 5.75 Å². The molecule has 0 saturated carbocycles. The van der Waals surface area contributed by atoms with Crippen molar-refractivity contribution >= 4 is 16.6 Å². The van der Waals surface area contributed by atoms with E-state index in [1.807, 2.05) is 35.9 Å². The van der Waals surface area contributed by atoms with Gasteiger partial charge in [-0.05, 0) is 37.3 Å². The molecule has 4 nitrogen and oxygen atoms in total. The first kappa shape index (κ1) is 10.7. The number of benzene rings is 2. The zero-order valence-electron chi connectivity index (χ0n) is 9.96. The molecular weight excluding hydrogens is 226 g/mol. The van der Waals surface area contributed by atoms with E-state index in [0.29, 0.717) is 0 Å². The maximum atomic E-state index is 9.54. The number of aryl methyl sites for hydroxylation is 1. The van der Waals surface area contributed by atoms with Crippen LogP contribution in [0.25, 0.3) is 16.6 Å². The Bertz CT molecular complexity index is 731. The number of nitrogens with zero attached hydrogens (tertiary/aromatic N) is 2. The van der Waals surface area contributed by atoms with Crippen LogP contribution in [0.2, 0.25) is 0 Å². The van der Waals surface area contributed by atoms with Crippen LogP contribution in [-0.2, 0) is 0 Å². The van der Waals surface area contributed by atoms with Gasteiger partial charge in [0.2, 0.25) is 0 Å². The number of hydrogen-bond donors (Lipinski definition) is 2. The molecule has 3 rings (SSSR count). The lowest BCUT2D eigenvalue weighted by atomic mass is 10.2. The normalized spacial score (nSPS) is 10.9. The number of hydrogen-bond acceptors (Lipinski definition) is 3. The number of aromatic nitrogens is 2. The summed E-state index contributed by atoms with van der Waals surface area (Å²) in [6.45, 7) is 1.95. The minimum absolute atomic E-state index is 0.226. The minimum Gasteiger partial charge on any atom is -0.508 e. The topological polar surface area (TPSA) is 64.1 Å². The molecule has 18 heavy (non-hydrogen) atoms.